The number of benzene rings is 1. The van der Waals surface area contributed by atoms with Crippen molar-refractivity contribution < 1.29 is 32.2 Å². The minimum Gasteiger partial charge on any atom is -0.484 e. The van der Waals surface area contributed by atoms with Crippen molar-refractivity contribution in [2.45, 2.75) is 18.8 Å². The molecule has 0 aliphatic carbocycles. The van der Waals surface area contributed by atoms with E-state index in [-0.39, 0.29) is 10.9 Å². The zero-order valence-electron chi connectivity index (χ0n) is 14.3. The number of halogens is 3. The molecule has 1 atom stereocenters. The zero-order valence-corrected chi connectivity index (χ0v) is 15.1. The maximum Gasteiger partial charge on any atom is 0.442 e. The fourth-order valence-electron chi connectivity index (χ4n) is 2.03. The molecule has 1 heterocycles. The Morgan fingerprint density at radius 2 is 1.89 bits per heavy atom. The van der Waals surface area contributed by atoms with E-state index in [9.17, 15) is 22.8 Å². The van der Waals surface area contributed by atoms with Gasteiger partial charge in [-0.25, -0.2) is 9.78 Å². The lowest BCUT2D eigenvalue weighted by Gasteiger charge is -2.33. The molecule has 0 fully saturated rings. The van der Waals surface area contributed by atoms with Gasteiger partial charge in [0.25, 0.3) is 5.91 Å². The summed E-state index contributed by atoms with van der Waals surface area (Å²) in [7, 11) is 0.782. The lowest BCUT2D eigenvalue weighted by molar-refractivity contribution is -0.206. The van der Waals surface area contributed by atoms with Crippen molar-refractivity contribution in [3.8, 4) is 5.75 Å². The number of hydrogen-bond acceptors (Lipinski definition) is 7. The minimum atomic E-state index is -5.22. The average molecular weight is 403 g/mol. The van der Waals surface area contributed by atoms with Crippen LogP contribution in [0.3, 0.4) is 0 Å². The summed E-state index contributed by atoms with van der Waals surface area (Å²) in [5.41, 5.74) is -3.06. The largest absolute Gasteiger partial charge is 0.484 e. The summed E-state index contributed by atoms with van der Waals surface area (Å²) in [5.74, 6) is -2.63. The first kappa shape index (κ1) is 20.5. The first-order chi connectivity index (χ1) is 12.7. The molecule has 7 nitrogen and oxygen atoms in total. The molecular weight excluding hydrogens is 387 g/mol. The van der Waals surface area contributed by atoms with Crippen LogP contribution in [0.15, 0.2) is 35.7 Å². The number of para-hydroxylation sites is 1. The van der Waals surface area contributed by atoms with Gasteiger partial charge in [-0.1, -0.05) is 18.2 Å². The average Bonchev–Trinajstić information content (AvgIpc) is 3.03. The number of carbonyl (C=O) groups is 2. The van der Waals surface area contributed by atoms with Crippen molar-refractivity contribution in [1.82, 2.24) is 10.3 Å². The highest BCUT2D eigenvalue weighted by molar-refractivity contribution is 7.13. The lowest BCUT2D eigenvalue weighted by Crippen LogP contribution is -2.69. The Morgan fingerprint density at radius 1 is 1.22 bits per heavy atom. The van der Waals surface area contributed by atoms with Gasteiger partial charge in [-0.05, 0) is 19.1 Å². The highest BCUT2D eigenvalue weighted by Gasteiger charge is 2.64. The highest BCUT2D eigenvalue weighted by Crippen LogP contribution is 2.34. The van der Waals surface area contributed by atoms with Crippen molar-refractivity contribution in [3.63, 3.8) is 0 Å². The van der Waals surface area contributed by atoms with Crippen LogP contribution in [0.1, 0.15) is 5.69 Å². The molecule has 0 saturated heterocycles. The molecule has 2 rings (SSSR count). The van der Waals surface area contributed by atoms with Crippen molar-refractivity contribution in [3.05, 3.63) is 41.4 Å². The van der Waals surface area contributed by atoms with Gasteiger partial charge < -0.3 is 20.1 Å². The molecule has 146 valence electrons. The van der Waals surface area contributed by atoms with Crippen LogP contribution in [-0.4, -0.2) is 42.4 Å². The predicted molar refractivity (Wildman–Crippen MR) is 91.4 cm³/mol. The summed E-state index contributed by atoms with van der Waals surface area (Å²) < 4.78 is 50.8. The molecule has 0 aliphatic rings. The van der Waals surface area contributed by atoms with Gasteiger partial charge in [-0.2, -0.15) is 13.2 Å². The molecule has 0 spiro atoms. The lowest BCUT2D eigenvalue weighted by atomic mass is 10.1. The standard InChI is InChI=1S/C16H16F3N3O4S/c1-10-9-27-14(20-10)22-15(13(24)25-2,16(17,18)19)21-12(23)8-26-11-6-4-3-5-7-11/h3-7,9H,8H2,1-2H3,(H,20,22)(H,21,23). The second-order valence-corrected chi connectivity index (χ2v) is 6.17. The fourth-order valence-corrected chi connectivity index (χ4v) is 2.77. The molecule has 2 N–H and O–H groups in total. The Morgan fingerprint density at radius 3 is 2.41 bits per heavy atom. The Balaban J connectivity index is 2.24. The first-order valence-electron chi connectivity index (χ1n) is 7.52. The van der Waals surface area contributed by atoms with Crippen LogP contribution >= 0.6 is 11.3 Å². The number of thiazole rings is 1. The van der Waals surface area contributed by atoms with Crippen LogP contribution in [0.4, 0.5) is 18.3 Å². The molecule has 1 amide bonds. The maximum absolute atomic E-state index is 13.8. The summed E-state index contributed by atoms with van der Waals surface area (Å²) in [6, 6.07) is 8.03. The summed E-state index contributed by atoms with van der Waals surface area (Å²) >= 11 is 0.845. The Hall–Kier alpha value is -2.82. The van der Waals surface area contributed by atoms with Crippen LogP contribution in [0.2, 0.25) is 0 Å². The van der Waals surface area contributed by atoms with Gasteiger partial charge in [0.1, 0.15) is 5.75 Å². The maximum atomic E-state index is 13.8. The van der Waals surface area contributed by atoms with Crippen LogP contribution in [0, 0.1) is 6.92 Å². The molecule has 11 heteroatoms. The van der Waals surface area contributed by atoms with Crippen molar-refractivity contribution in [2.75, 3.05) is 19.0 Å². The molecule has 1 aromatic carbocycles. The number of nitrogens with one attached hydrogen (secondary N) is 2. The molecule has 27 heavy (non-hydrogen) atoms. The Kier molecular flexibility index (Phi) is 6.26. The molecule has 2 aromatic rings. The molecule has 0 bridgehead atoms. The van der Waals surface area contributed by atoms with Gasteiger partial charge >= 0.3 is 17.8 Å². The van der Waals surface area contributed by atoms with E-state index in [1.807, 2.05) is 5.32 Å². The third-order valence-electron chi connectivity index (χ3n) is 3.27. The summed E-state index contributed by atoms with van der Waals surface area (Å²) in [4.78, 5) is 28.0. The Bertz CT molecular complexity index is 798. The number of aryl methyl sites for hydroxylation is 1. The predicted octanol–water partition coefficient (Wildman–Crippen LogP) is 2.49. The summed E-state index contributed by atoms with van der Waals surface area (Å²) in [5, 5.41) is 4.87. The molecular formula is C16H16F3N3O4S. The SMILES string of the molecule is COC(=O)C(NC(=O)COc1ccccc1)(Nc1nc(C)cs1)C(F)(F)F. The van der Waals surface area contributed by atoms with E-state index < -0.39 is 30.3 Å². The van der Waals surface area contributed by atoms with Crippen LogP contribution < -0.4 is 15.4 Å². The number of esters is 1. The van der Waals surface area contributed by atoms with Crippen LogP contribution in [0.5, 0.6) is 5.75 Å². The summed E-state index contributed by atoms with van der Waals surface area (Å²) in [6.45, 7) is 0.832. The van der Waals surface area contributed by atoms with E-state index in [1.165, 1.54) is 17.5 Å². The smallest absolute Gasteiger partial charge is 0.442 e. The first-order valence-corrected chi connectivity index (χ1v) is 8.40. The van der Waals surface area contributed by atoms with Gasteiger partial charge in [-0.15, -0.1) is 11.3 Å². The van der Waals surface area contributed by atoms with E-state index >= 15 is 0 Å². The van der Waals surface area contributed by atoms with Crippen molar-refractivity contribution >= 4 is 28.3 Å². The number of methoxy groups -OCH3 is 1. The molecule has 0 saturated carbocycles. The van der Waals surface area contributed by atoms with Gasteiger partial charge in [0.15, 0.2) is 11.7 Å². The Labute approximate surface area is 156 Å². The number of aromatic nitrogens is 1. The van der Waals surface area contributed by atoms with E-state index in [1.54, 1.807) is 30.4 Å². The topological polar surface area (TPSA) is 89.5 Å². The van der Waals surface area contributed by atoms with Crippen molar-refractivity contribution in [1.29, 1.82) is 0 Å². The van der Waals surface area contributed by atoms with Gasteiger partial charge in [-0.3, -0.25) is 4.79 Å². The second kappa shape index (κ2) is 8.25. The number of rotatable bonds is 7. The van der Waals surface area contributed by atoms with E-state index in [4.69, 9.17) is 4.74 Å². The van der Waals surface area contributed by atoms with E-state index in [0.29, 0.717) is 5.69 Å². The second-order valence-electron chi connectivity index (χ2n) is 5.31. The number of hydrogen-bond donors (Lipinski definition) is 2. The normalized spacial score (nSPS) is 13.4. The quantitative estimate of drug-likeness (QED) is 0.546. The monoisotopic (exact) mass is 403 g/mol. The summed E-state index contributed by atoms with van der Waals surface area (Å²) in [6.07, 6.45) is -5.22. The van der Waals surface area contributed by atoms with Gasteiger partial charge in [0.05, 0.1) is 12.8 Å². The van der Waals surface area contributed by atoms with Gasteiger partial charge in [0.2, 0.25) is 0 Å². The third-order valence-corrected chi connectivity index (χ3v) is 4.15. The molecule has 1 aromatic heterocycles. The van der Waals surface area contributed by atoms with Crippen molar-refractivity contribution in [2.24, 2.45) is 0 Å². The van der Waals surface area contributed by atoms with Crippen LogP contribution in [0.25, 0.3) is 0 Å². The number of anilines is 1. The zero-order chi connectivity index (χ0) is 20.1. The van der Waals surface area contributed by atoms with E-state index in [0.717, 1.165) is 18.4 Å². The molecule has 0 radical (unpaired) electrons. The van der Waals surface area contributed by atoms with E-state index in [2.05, 4.69) is 9.72 Å². The molecule has 1 unspecified atom stereocenters. The number of amides is 1. The fraction of sp³-hybridized carbons (Fsp3) is 0.312. The van der Waals surface area contributed by atoms with Gasteiger partial charge in [0, 0.05) is 5.38 Å². The third kappa shape index (κ3) is 4.88. The number of carbonyl (C=O) groups excluding carboxylic acids is 2. The highest BCUT2D eigenvalue weighted by atomic mass is 32.1. The van der Waals surface area contributed by atoms with Crippen LogP contribution in [-0.2, 0) is 14.3 Å². The minimum absolute atomic E-state index is 0.209. The number of nitrogens with zero attached hydrogens (tertiary/aromatic N) is 1. The number of alkyl halides is 3. The number of ether oxygens (including phenoxy) is 2. The molecule has 0 aliphatic heterocycles.